The highest BCUT2D eigenvalue weighted by Gasteiger charge is 2.18. The standard InChI is InChI=1S/C24H18FNO3S2/c1-31(28,29)20-13-9-16(10-14-20)21-15-22(24(27)26-19-5-3-2-4-6-19)30-23(21)17-7-11-18(25)12-8-17/h2-15H,1H3,(H,26,27). The van der Waals surface area contributed by atoms with Crippen LogP contribution in [-0.4, -0.2) is 20.6 Å². The molecule has 1 heterocycles. The fraction of sp³-hybridized carbons (Fsp3) is 0.0417. The van der Waals surface area contributed by atoms with Crippen LogP contribution in [0.15, 0.2) is 89.8 Å². The van der Waals surface area contributed by atoms with Gasteiger partial charge >= 0.3 is 0 Å². The Morgan fingerprint density at radius 1 is 0.871 bits per heavy atom. The second-order valence-corrected chi connectivity index (χ2v) is 10.0. The van der Waals surface area contributed by atoms with Crippen LogP contribution in [0.2, 0.25) is 0 Å². The number of halogens is 1. The normalized spacial score (nSPS) is 11.3. The molecule has 0 bridgehead atoms. The first-order valence-corrected chi connectivity index (χ1v) is 12.1. The van der Waals surface area contributed by atoms with Crippen molar-refractivity contribution in [2.45, 2.75) is 4.90 Å². The smallest absolute Gasteiger partial charge is 0.265 e. The van der Waals surface area contributed by atoms with Crippen molar-refractivity contribution in [2.24, 2.45) is 0 Å². The lowest BCUT2D eigenvalue weighted by Gasteiger charge is -2.06. The molecule has 4 rings (SSSR count). The van der Waals surface area contributed by atoms with Crippen LogP contribution in [0.25, 0.3) is 21.6 Å². The molecule has 3 aromatic carbocycles. The summed E-state index contributed by atoms with van der Waals surface area (Å²) in [4.78, 5) is 14.3. The van der Waals surface area contributed by atoms with Gasteiger partial charge in [0, 0.05) is 22.4 Å². The van der Waals surface area contributed by atoms with Crippen molar-refractivity contribution in [2.75, 3.05) is 11.6 Å². The Labute approximate surface area is 183 Å². The number of para-hydroxylation sites is 1. The third-order valence-corrected chi connectivity index (χ3v) is 7.00. The van der Waals surface area contributed by atoms with Crippen molar-refractivity contribution in [1.82, 2.24) is 0 Å². The predicted octanol–water partition coefficient (Wildman–Crippen LogP) is 5.88. The van der Waals surface area contributed by atoms with Crippen molar-refractivity contribution >= 4 is 32.8 Å². The second-order valence-electron chi connectivity index (χ2n) is 6.98. The SMILES string of the molecule is CS(=O)(=O)c1ccc(-c2cc(C(=O)Nc3ccccc3)sc2-c2ccc(F)cc2)cc1. The molecule has 0 aliphatic rings. The van der Waals surface area contributed by atoms with Gasteiger partial charge < -0.3 is 5.32 Å². The van der Waals surface area contributed by atoms with Crippen LogP contribution in [0.1, 0.15) is 9.67 Å². The number of hydrogen-bond donors (Lipinski definition) is 1. The number of sulfone groups is 1. The van der Waals surface area contributed by atoms with Gasteiger partial charge in [0.25, 0.3) is 5.91 Å². The van der Waals surface area contributed by atoms with E-state index in [-0.39, 0.29) is 16.6 Å². The van der Waals surface area contributed by atoms with Gasteiger partial charge in [-0.1, -0.05) is 42.5 Å². The van der Waals surface area contributed by atoms with Crippen LogP contribution in [0, 0.1) is 5.82 Å². The summed E-state index contributed by atoms with van der Waals surface area (Å²) < 4.78 is 37.0. The van der Waals surface area contributed by atoms with Gasteiger partial charge in [0.15, 0.2) is 9.84 Å². The monoisotopic (exact) mass is 451 g/mol. The third-order valence-electron chi connectivity index (χ3n) is 4.69. The molecule has 0 spiro atoms. The zero-order valence-electron chi connectivity index (χ0n) is 16.5. The highest BCUT2D eigenvalue weighted by molar-refractivity contribution is 7.90. The Balaban J connectivity index is 1.77. The van der Waals surface area contributed by atoms with Gasteiger partial charge in [-0.3, -0.25) is 4.79 Å². The summed E-state index contributed by atoms with van der Waals surface area (Å²) in [6.07, 6.45) is 1.16. The van der Waals surface area contributed by atoms with Crippen LogP contribution in [0.5, 0.6) is 0 Å². The van der Waals surface area contributed by atoms with E-state index >= 15 is 0 Å². The lowest BCUT2D eigenvalue weighted by Crippen LogP contribution is -2.09. The van der Waals surface area contributed by atoms with Crippen molar-refractivity contribution in [3.8, 4) is 21.6 Å². The summed E-state index contributed by atoms with van der Waals surface area (Å²) in [6, 6.07) is 23.5. The largest absolute Gasteiger partial charge is 0.321 e. The van der Waals surface area contributed by atoms with Gasteiger partial charge in [-0.2, -0.15) is 0 Å². The summed E-state index contributed by atoms with van der Waals surface area (Å²) in [5.41, 5.74) is 2.99. The maximum Gasteiger partial charge on any atom is 0.265 e. The molecule has 156 valence electrons. The number of amides is 1. The molecule has 4 nitrogen and oxygen atoms in total. The first-order chi connectivity index (χ1) is 14.8. The van der Waals surface area contributed by atoms with Crippen molar-refractivity contribution in [1.29, 1.82) is 0 Å². The van der Waals surface area contributed by atoms with E-state index in [0.717, 1.165) is 27.8 Å². The molecule has 0 aliphatic carbocycles. The Hall–Kier alpha value is -3.29. The molecular weight excluding hydrogens is 433 g/mol. The van der Waals surface area contributed by atoms with E-state index in [4.69, 9.17) is 0 Å². The second kappa shape index (κ2) is 8.45. The summed E-state index contributed by atoms with van der Waals surface area (Å²) in [7, 11) is -3.31. The molecule has 0 aliphatic heterocycles. The minimum atomic E-state index is -3.31. The summed E-state index contributed by atoms with van der Waals surface area (Å²) in [5, 5.41) is 2.87. The van der Waals surface area contributed by atoms with Crippen molar-refractivity contribution < 1.29 is 17.6 Å². The molecule has 0 atom stereocenters. The predicted molar refractivity (Wildman–Crippen MR) is 123 cm³/mol. The summed E-state index contributed by atoms with van der Waals surface area (Å²) >= 11 is 1.30. The highest BCUT2D eigenvalue weighted by atomic mass is 32.2. The molecule has 1 N–H and O–H groups in total. The number of carbonyl (C=O) groups is 1. The lowest BCUT2D eigenvalue weighted by molar-refractivity contribution is 0.103. The minimum absolute atomic E-state index is 0.219. The Morgan fingerprint density at radius 2 is 1.48 bits per heavy atom. The van der Waals surface area contributed by atoms with E-state index in [1.54, 1.807) is 54.6 Å². The van der Waals surface area contributed by atoms with Gasteiger partial charge in [-0.25, -0.2) is 12.8 Å². The molecule has 0 fully saturated rings. The highest BCUT2D eigenvalue weighted by Crippen LogP contribution is 2.40. The third kappa shape index (κ3) is 4.73. The Kier molecular flexibility index (Phi) is 5.71. The van der Waals surface area contributed by atoms with Gasteiger partial charge in [0.05, 0.1) is 9.77 Å². The maximum atomic E-state index is 13.4. The molecular formula is C24H18FNO3S2. The van der Waals surface area contributed by atoms with Crippen LogP contribution in [0.4, 0.5) is 10.1 Å². The average Bonchev–Trinajstić information content (AvgIpc) is 3.20. The van der Waals surface area contributed by atoms with E-state index in [2.05, 4.69) is 5.32 Å². The number of anilines is 1. The number of nitrogens with one attached hydrogen (secondary N) is 1. The first kappa shape index (κ1) is 21.0. The lowest BCUT2D eigenvalue weighted by atomic mass is 10.0. The number of rotatable bonds is 5. The molecule has 1 aromatic heterocycles. The number of carbonyl (C=O) groups excluding carboxylic acids is 1. The van der Waals surface area contributed by atoms with E-state index in [1.165, 1.54) is 23.5 Å². The number of thiophene rings is 1. The molecule has 31 heavy (non-hydrogen) atoms. The van der Waals surface area contributed by atoms with Gasteiger partial charge in [-0.15, -0.1) is 11.3 Å². The van der Waals surface area contributed by atoms with Crippen LogP contribution in [0.3, 0.4) is 0 Å². The van der Waals surface area contributed by atoms with Gasteiger partial charge in [0.1, 0.15) is 5.82 Å². The van der Waals surface area contributed by atoms with Crippen LogP contribution in [-0.2, 0) is 9.84 Å². The van der Waals surface area contributed by atoms with Crippen LogP contribution < -0.4 is 5.32 Å². The summed E-state index contributed by atoms with van der Waals surface area (Å²) in [5.74, 6) is -0.597. The van der Waals surface area contributed by atoms with E-state index in [0.29, 0.717) is 10.6 Å². The van der Waals surface area contributed by atoms with Crippen molar-refractivity contribution in [3.63, 3.8) is 0 Å². The molecule has 0 saturated heterocycles. The van der Waals surface area contributed by atoms with Gasteiger partial charge in [0.2, 0.25) is 0 Å². The van der Waals surface area contributed by atoms with Crippen molar-refractivity contribution in [3.05, 3.63) is 95.6 Å². The number of benzene rings is 3. The summed E-state index contributed by atoms with van der Waals surface area (Å²) in [6.45, 7) is 0. The van der Waals surface area contributed by atoms with E-state index in [9.17, 15) is 17.6 Å². The van der Waals surface area contributed by atoms with Gasteiger partial charge in [-0.05, 0) is 53.6 Å². The molecule has 0 unspecified atom stereocenters. The Morgan fingerprint density at radius 3 is 2.10 bits per heavy atom. The van der Waals surface area contributed by atoms with Crippen LogP contribution >= 0.6 is 11.3 Å². The molecule has 0 saturated carbocycles. The first-order valence-electron chi connectivity index (χ1n) is 9.38. The molecule has 7 heteroatoms. The zero-order valence-corrected chi connectivity index (χ0v) is 18.1. The fourth-order valence-electron chi connectivity index (χ4n) is 3.13. The zero-order chi connectivity index (χ0) is 22.0. The van der Waals surface area contributed by atoms with E-state index in [1.807, 2.05) is 18.2 Å². The topological polar surface area (TPSA) is 63.2 Å². The minimum Gasteiger partial charge on any atom is -0.321 e. The average molecular weight is 452 g/mol. The fourth-order valence-corrected chi connectivity index (χ4v) is 4.84. The quantitative estimate of drug-likeness (QED) is 0.412. The maximum absolute atomic E-state index is 13.4. The molecule has 1 amide bonds. The Bertz CT molecular complexity index is 1330. The molecule has 4 aromatic rings. The number of hydrogen-bond acceptors (Lipinski definition) is 4. The van der Waals surface area contributed by atoms with E-state index < -0.39 is 9.84 Å². The molecule has 0 radical (unpaired) electrons.